The molecule has 6 heteroatoms. The number of benzene rings is 1. The van der Waals surface area contributed by atoms with E-state index >= 15 is 0 Å². The molecule has 3 aromatic rings. The Labute approximate surface area is 152 Å². The lowest BCUT2D eigenvalue weighted by Gasteiger charge is -2.32. The standard InChI is InChI=1S/C20H21N5O/c1-14-7-8-17-18(23-14)19(22-13-21-17)24-16-9-11-25(12-10-16)20(26)15-5-3-2-4-6-15/h2-8,13,16H,9-12H2,1H3,(H,21,22,24). The molecule has 26 heavy (non-hydrogen) atoms. The zero-order valence-corrected chi connectivity index (χ0v) is 14.7. The highest BCUT2D eigenvalue weighted by Gasteiger charge is 2.24. The van der Waals surface area contributed by atoms with Gasteiger partial charge in [0.1, 0.15) is 11.8 Å². The van der Waals surface area contributed by atoms with Gasteiger partial charge in [-0.3, -0.25) is 4.79 Å². The van der Waals surface area contributed by atoms with Crippen LogP contribution in [0.1, 0.15) is 28.9 Å². The van der Waals surface area contributed by atoms with Gasteiger partial charge in [-0.2, -0.15) is 0 Å². The quantitative estimate of drug-likeness (QED) is 0.788. The van der Waals surface area contributed by atoms with Crippen molar-refractivity contribution in [1.29, 1.82) is 0 Å². The number of nitrogens with one attached hydrogen (secondary N) is 1. The highest BCUT2D eigenvalue weighted by Crippen LogP contribution is 2.21. The molecule has 0 aliphatic carbocycles. The van der Waals surface area contributed by atoms with Gasteiger partial charge in [-0.15, -0.1) is 0 Å². The lowest BCUT2D eigenvalue weighted by molar-refractivity contribution is 0.0718. The molecule has 1 amide bonds. The van der Waals surface area contributed by atoms with Crippen molar-refractivity contribution in [3.8, 4) is 0 Å². The summed E-state index contributed by atoms with van der Waals surface area (Å²) in [5.74, 6) is 0.875. The van der Waals surface area contributed by atoms with Gasteiger partial charge in [0.05, 0.1) is 5.52 Å². The molecule has 0 atom stereocenters. The van der Waals surface area contributed by atoms with Crippen LogP contribution < -0.4 is 5.32 Å². The largest absolute Gasteiger partial charge is 0.365 e. The van der Waals surface area contributed by atoms with Gasteiger partial charge in [0, 0.05) is 30.4 Å². The number of carbonyl (C=O) groups is 1. The van der Waals surface area contributed by atoms with E-state index in [0.717, 1.165) is 54.0 Å². The van der Waals surface area contributed by atoms with Gasteiger partial charge in [0.15, 0.2) is 5.82 Å². The molecule has 0 radical (unpaired) electrons. The minimum Gasteiger partial charge on any atom is -0.365 e. The maximum Gasteiger partial charge on any atom is 0.253 e. The number of aromatic nitrogens is 3. The average Bonchev–Trinajstić information content (AvgIpc) is 2.69. The molecule has 0 spiro atoms. The fourth-order valence-corrected chi connectivity index (χ4v) is 3.33. The summed E-state index contributed by atoms with van der Waals surface area (Å²) >= 11 is 0. The smallest absolute Gasteiger partial charge is 0.253 e. The van der Waals surface area contributed by atoms with E-state index in [-0.39, 0.29) is 11.9 Å². The minimum absolute atomic E-state index is 0.105. The Balaban J connectivity index is 1.43. The van der Waals surface area contributed by atoms with E-state index in [1.165, 1.54) is 0 Å². The maximum atomic E-state index is 12.6. The second kappa shape index (κ2) is 7.07. The Bertz CT molecular complexity index is 920. The van der Waals surface area contributed by atoms with Gasteiger partial charge in [-0.25, -0.2) is 15.0 Å². The summed E-state index contributed by atoms with van der Waals surface area (Å²) in [5.41, 5.74) is 3.33. The van der Waals surface area contributed by atoms with Crippen molar-refractivity contribution in [2.24, 2.45) is 0 Å². The minimum atomic E-state index is 0.105. The van der Waals surface area contributed by atoms with E-state index in [1.807, 2.05) is 54.3 Å². The third-order valence-electron chi connectivity index (χ3n) is 4.76. The molecule has 1 N–H and O–H groups in total. The van der Waals surface area contributed by atoms with Gasteiger partial charge in [0.25, 0.3) is 5.91 Å². The number of pyridine rings is 1. The number of hydrogen-bond acceptors (Lipinski definition) is 5. The van der Waals surface area contributed by atoms with E-state index in [4.69, 9.17) is 0 Å². The van der Waals surface area contributed by atoms with E-state index in [2.05, 4.69) is 20.3 Å². The fraction of sp³-hybridized carbons (Fsp3) is 0.300. The molecule has 2 aromatic heterocycles. The number of piperidine rings is 1. The molecule has 1 aliphatic rings. The summed E-state index contributed by atoms with van der Waals surface area (Å²) < 4.78 is 0. The Morgan fingerprint density at radius 1 is 1.08 bits per heavy atom. The third kappa shape index (κ3) is 3.35. The molecule has 132 valence electrons. The predicted molar refractivity (Wildman–Crippen MR) is 101 cm³/mol. The molecule has 0 saturated carbocycles. The van der Waals surface area contributed by atoms with E-state index in [9.17, 15) is 4.79 Å². The van der Waals surface area contributed by atoms with E-state index < -0.39 is 0 Å². The first-order valence-corrected chi connectivity index (χ1v) is 8.90. The number of carbonyl (C=O) groups excluding carboxylic acids is 1. The van der Waals surface area contributed by atoms with Gasteiger partial charge >= 0.3 is 0 Å². The monoisotopic (exact) mass is 347 g/mol. The van der Waals surface area contributed by atoms with Gasteiger partial charge in [-0.1, -0.05) is 18.2 Å². The Morgan fingerprint density at radius 3 is 2.62 bits per heavy atom. The first kappa shape index (κ1) is 16.4. The summed E-state index contributed by atoms with van der Waals surface area (Å²) in [6, 6.07) is 13.7. The molecule has 0 unspecified atom stereocenters. The van der Waals surface area contributed by atoms with Crippen LogP contribution in [0.4, 0.5) is 5.82 Å². The Morgan fingerprint density at radius 2 is 1.85 bits per heavy atom. The number of likely N-dealkylation sites (tertiary alicyclic amines) is 1. The van der Waals surface area contributed by atoms with Gasteiger partial charge in [-0.05, 0) is 44.0 Å². The highest BCUT2D eigenvalue weighted by molar-refractivity contribution is 5.94. The number of anilines is 1. The van der Waals surface area contributed by atoms with Crippen LogP contribution >= 0.6 is 0 Å². The van der Waals surface area contributed by atoms with Crippen molar-refractivity contribution >= 4 is 22.8 Å². The summed E-state index contributed by atoms with van der Waals surface area (Å²) in [4.78, 5) is 27.7. The van der Waals surface area contributed by atoms with Crippen molar-refractivity contribution in [1.82, 2.24) is 19.9 Å². The van der Waals surface area contributed by atoms with E-state index in [0.29, 0.717) is 0 Å². The molecule has 1 fully saturated rings. The lowest BCUT2D eigenvalue weighted by atomic mass is 10.0. The van der Waals surface area contributed by atoms with Crippen molar-refractivity contribution < 1.29 is 4.79 Å². The van der Waals surface area contributed by atoms with Crippen LogP contribution in [0.2, 0.25) is 0 Å². The van der Waals surface area contributed by atoms with Crippen molar-refractivity contribution in [3.63, 3.8) is 0 Å². The zero-order chi connectivity index (χ0) is 17.9. The molecule has 1 aliphatic heterocycles. The van der Waals surface area contributed by atoms with Crippen LogP contribution in [-0.4, -0.2) is 44.9 Å². The van der Waals surface area contributed by atoms with Gasteiger partial charge in [0.2, 0.25) is 0 Å². The first-order chi connectivity index (χ1) is 12.7. The number of aryl methyl sites for hydroxylation is 1. The number of amides is 1. The van der Waals surface area contributed by atoms with Crippen LogP contribution in [-0.2, 0) is 0 Å². The zero-order valence-electron chi connectivity index (χ0n) is 14.7. The topological polar surface area (TPSA) is 71.0 Å². The number of nitrogens with zero attached hydrogens (tertiary/aromatic N) is 4. The molecular formula is C20H21N5O. The maximum absolute atomic E-state index is 12.6. The third-order valence-corrected chi connectivity index (χ3v) is 4.76. The highest BCUT2D eigenvalue weighted by atomic mass is 16.2. The molecule has 1 aromatic carbocycles. The number of fused-ring (bicyclic) bond motifs is 1. The Kier molecular flexibility index (Phi) is 4.48. The number of rotatable bonds is 3. The fourth-order valence-electron chi connectivity index (χ4n) is 3.33. The SMILES string of the molecule is Cc1ccc2ncnc(NC3CCN(C(=O)c4ccccc4)CC3)c2n1. The molecule has 1 saturated heterocycles. The van der Waals surface area contributed by atoms with Crippen molar-refractivity contribution in [2.45, 2.75) is 25.8 Å². The summed E-state index contributed by atoms with van der Waals surface area (Å²) in [7, 11) is 0. The lowest BCUT2D eigenvalue weighted by Crippen LogP contribution is -2.42. The van der Waals surface area contributed by atoms with Crippen LogP contribution in [0.25, 0.3) is 11.0 Å². The normalized spacial score (nSPS) is 15.2. The van der Waals surface area contributed by atoms with E-state index in [1.54, 1.807) is 6.33 Å². The molecule has 3 heterocycles. The second-order valence-corrected chi connectivity index (χ2v) is 6.62. The van der Waals surface area contributed by atoms with Crippen LogP contribution in [0.15, 0.2) is 48.8 Å². The summed E-state index contributed by atoms with van der Waals surface area (Å²) in [5, 5.41) is 3.50. The Hall–Kier alpha value is -3.02. The van der Waals surface area contributed by atoms with Gasteiger partial charge < -0.3 is 10.2 Å². The molecule has 4 rings (SSSR count). The average molecular weight is 347 g/mol. The van der Waals surface area contributed by atoms with Crippen LogP contribution in [0.3, 0.4) is 0 Å². The summed E-state index contributed by atoms with van der Waals surface area (Å²) in [6.45, 7) is 3.44. The second-order valence-electron chi connectivity index (χ2n) is 6.62. The molecule has 6 nitrogen and oxygen atoms in total. The molecule has 0 bridgehead atoms. The van der Waals surface area contributed by atoms with Crippen molar-refractivity contribution in [3.05, 3.63) is 60.0 Å². The number of hydrogen-bond donors (Lipinski definition) is 1. The molecular weight excluding hydrogens is 326 g/mol. The van der Waals surface area contributed by atoms with Crippen LogP contribution in [0.5, 0.6) is 0 Å². The predicted octanol–water partition coefficient (Wildman–Crippen LogP) is 3.05. The summed E-state index contributed by atoms with van der Waals surface area (Å²) in [6.07, 6.45) is 3.33. The van der Waals surface area contributed by atoms with Crippen LogP contribution in [0, 0.1) is 6.92 Å². The van der Waals surface area contributed by atoms with Crippen molar-refractivity contribution in [2.75, 3.05) is 18.4 Å². The first-order valence-electron chi connectivity index (χ1n) is 8.90.